The van der Waals surface area contributed by atoms with Crippen LogP contribution in [0.25, 0.3) is 0 Å². The molecule has 1 saturated carbocycles. The van der Waals surface area contributed by atoms with Crippen molar-refractivity contribution in [3.8, 4) is 0 Å². The molecule has 3 nitrogen and oxygen atoms in total. The monoisotopic (exact) mass is 315 g/mol. The first-order valence-corrected chi connectivity index (χ1v) is 8.77. The van der Waals surface area contributed by atoms with E-state index in [1.54, 1.807) is 11.3 Å². The molecule has 0 saturated heterocycles. The molecule has 0 bridgehead atoms. The van der Waals surface area contributed by atoms with E-state index >= 15 is 0 Å². The predicted molar refractivity (Wildman–Crippen MR) is 89.9 cm³/mol. The lowest BCUT2D eigenvalue weighted by Gasteiger charge is -2.19. The van der Waals surface area contributed by atoms with E-state index in [1.807, 2.05) is 6.92 Å². The Balaban J connectivity index is 1.76. The molecule has 1 aliphatic carbocycles. The van der Waals surface area contributed by atoms with Gasteiger partial charge in [-0.1, -0.05) is 35.9 Å². The molecule has 0 aliphatic heterocycles. The Hall–Kier alpha value is -1.65. The first-order chi connectivity index (χ1) is 10.6. The third-order valence-electron chi connectivity index (χ3n) is 4.10. The van der Waals surface area contributed by atoms with Gasteiger partial charge in [0.25, 0.3) is 5.91 Å². The Morgan fingerprint density at radius 2 is 2.00 bits per heavy atom. The summed E-state index contributed by atoms with van der Waals surface area (Å²) in [5.41, 5.74) is 2.51. The molecule has 116 valence electrons. The van der Waals surface area contributed by atoms with Gasteiger partial charge in [-0.15, -0.1) is 11.3 Å². The van der Waals surface area contributed by atoms with E-state index in [4.69, 9.17) is 0 Å². The molecule has 0 radical (unpaired) electrons. The van der Waals surface area contributed by atoms with Crippen molar-refractivity contribution in [3.05, 3.63) is 57.8 Å². The fourth-order valence-corrected chi connectivity index (χ4v) is 3.38. The van der Waals surface area contributed by atoms with Crippen molar-refractivity contribution >= 4 is 17.2 Å². The zero-order valence-corrected chi connectivity index (χ0v) is 13.9. The molecule has 3 rings (SSSR count). The molecule has 1 fully saturated rings. The zero-order valence-electron chi connectivity index (χ0n) is 13.1. The lowest BCUT2D eigenvalue weighted by atomic mass is 10.0. The Kier molecular flexibility index (Phi) is 4.60. The SMILES string of the molecule is Cc1ccc([C@@H]([NH2+][C@H](C)C(=O)NC2CC2)c2cccs2)cc1. The van der Waals surface area contributed by atoms with E-state index in [0.29, 0.717) is 6.04 Å². The summed E-state index contributed by atoms with van der Waals surface area (Å²) in [5, 5.41) is 7.37. The van der Waals surface area contributed by atoms with Crippen LogP contribution >= 0.6 is 11.3 Å². The van der Waals surface area contributed by atoms with Crippen molar-refractivity contribution in [2.45, 2.75) is 44.8 Å². The van der Waals surface area contributed by atoms with Crippen LogP contribution in [0.4, 0.5) is 0 Å². The highest BCUT2D eigenvalue weighted by Crippen LogP contribution is 2.23. The minimum Gasteiger partial charge on any atom is -0.348 e. The number of carbonyl (C=O) groups excluding carboxylic acids is 1. The van der Waals surface area contributed by atoms with Crippen LogP contribution in [-0.2, 0) is 4.79 Å². The maximum absolute atomic E-state index is 12.2. The molecule has 1 aromatic heterocycles. The predicted octanol–water partition coefficient (Wildman–Crippen LogP) is 2.38. The van der Waals surface area contributed by atoms with Gasteiger partial charge in [-0.2, -0.15) is 0 Å². The first-order valence-electron chi connectivity index (χ1n) is 7.89. The van der Waals surface area contributed by atoms with Crippen LogP contribution in [0.15, 0.2) is 41.8 Å². The average molecular weight is 315 g/mol. The van der Waals surface area contributed by atoms with Gasteiger partial charge in [0, 0.05) is 11.6 Å². The quantitative estimate of drug-likeness (QED) is 0.845. The largest absolute Gasteiger partial charge is 0.348 e. The van der Waals surface area contributed by atoms with Gasteiger partial charge in [0.1, 0.15) is 6.04 Å². The van der Waals surface area contributed by atoms with Crippen LogP contribution in [0, 0.1) is 6.92 Å². The number of hydrogen-bond donors (Lipinski definition) is 2. The lowest BCUT2D eigenvalue weighted by molar-refractivity contribution is -0.704. The van der Waals surface area contributed by atoms with Crippen LogP contribution in [0.1, 0.15) is 41.8 Å². The zero-order chi connectivity index (χ0) is 15.5. The summed E-state index contributed by atoms with van der Waals surface area (Å²) in [6.45, 7) is 4.09. The summed E-state index contributed by atoms with van der Waals surface area (Å²) in [5.74, 6) is 0.149. The highest BCUT2D eigenvalue weighted by molar-refractivity contribution is 7.10. The Labute approximate surface area is 135 Å². The Morgan fingerprint density at radius 1 is 1.27 bits per heavy atom. The molecule has 1 aliphatic rings. The van der Waals surface area contributed by atoms with Crippen molar-refractivity contribution in [2.24, 2.45) is 0 Å². The van der Waals surface area contributed by atoms with Gasteiger partial charge in [-0.25, -0.2) is 0 Å². The normalized spacial score (nSPS) is 17.0. The van der Waals surface area contributed by atoms with Gasteiger partial charge in [-0.05, 0) is 38.1 Å². The Morgan fingerprint density at radius 3 is 2.59 bits per heavy atom. The number of nitrogens with two attached hydrogens (primary N) is 1. The van der Waals surface area contributed by atoms with Crippen LogP contribution in [0.2, 0.25) is 0 Å². The second-order valence-corrected chi connectivity index (χ2v) is 7.15. The molecule has 2 atom stereocenters. The number of amides is 1. The van der Waals surface area contributed by atoms with Crippen molar-refractivity contribution < 1.29 is 10.1 Å². The van der Waals surface area contributed by atoms with E-state index < -0.39 is 0 Å². The van der Waals surface area contributed by atoms with E-state index in [2.05, 4.69) is 59.3 Å². The number of quaternary nitrogens is 1. The summed E-state index contributed by atoms with van der Waals surface area (Å²) >= 11 is 1.75. The number of benzene rings is 1. The highest BCUT2D eigenvalue weighted by atomic mass is 32.1. The molecule has 1 heterocycles. The van der Waals surface area contributed by atoms with Gasteiger partial charge in [0.15, 0.2) is 6.04 Å². The molecule has 3 N–H and O–H groups in total. The van der Waals surface area contributed by atoms with E-state index in [9.17, 15) is 4.79 Å². The van der Waals surface area contributed by atoms with E-state index in [0.717, 1.165) is 12.8 Å². The minimum atomic E-state index is -0.0889. The molecule has 22 heavy (non-hydrogen) atoms. The highest BCUT2D eigenvalue weighted by Gasteiger charge is 2.29. The van der Waals surface area contributed by atoms with Crippen molar-refractivity contribution in [3.63, 3.8) is 0 Å². The van der Waals surface area contributed by atoms with E-state index in [-0.39, 0.29) is 18.0 Å². The first kappa shape index (κ1) is 15.3. The standard InChI is InChI=1S/C18H22N2OS/c1-12-5-7-14(8-6-12)17(16-4-3-11-22-16)19-13(2)18(21)20-15-9-10-15/h3-8,11,13,15,17,19H,9-10H2,1-2H3,(H,20,21)/p+1/t13-,17-/m1/s1. The van der Waals surface area contributed by atoms with Gasteiger partial charge in [0.2, 0.25) is 0 Å². The van der Waals surface area contributed by atoms with Crippen LogP contribution in [0.5, 0.6) is 0 Å². The van der Waals surface area contributed by atoms with Gasteiger partial charge < -0.3 is 10.6 Å². The summed E-state index contributed by atoms with van der Waals surface area (Å²) < 4.78 is 0. The Bertz CT molecular complexity index is 617. The number of hydrogen-bond acceptors (Lipinski definition) is 2. The molecule has 0 unspecified atom stereocenters. The summed E-state index contributed by atoms with van der Waals surface area (Å²) in [6, 6.07) is 13.3. The number of nitrogens with one attached hydrogen (secondary N) is 1. The third-order valence-corrected chi connectivity index (χ3v) is 5.06. The fraction of sp³-hybridized carbons (Fsp3) is 0.389. The van der Waals surface area contributed by atoms with Crippen molar-refractivity contribution in [1.82, 2.24) is 5.32 Å². The summed E-state index contributed by atoms with van der Waals surface area (Å²) in [6.07, 6.45) is 2.26. The molecule has 2 aromatic rings. The second kappa shape index (κ2) is 6.63. The summed E-state index contributed by atoms with van der Waals surface area (Å²) in [7, 11) is 0. The topological polar surface area (TPSA) is 45.7 Å². The molecule has 4 heteroatoms. The smallest absolute Gasteiger partial charge is 0.278 e. The van der Waals surface area contributed by atoms with Gasteiger partial charge in [0.05, 0.1) is 4.88 Å². The lowest BCUT2D eigenvalue weighted by Crippen LogP contribution is -2.92. The molecule has 1 amide bonds. The average Bonchev–Trinajstić information content (AvgIpc) is 3.16. The maximum Gasteiger partial charge on any atom is 0.278 e. The van der Waals surface area contributed by atoms with Gasteiger partial charge >= 0.3 is 0 Å². The van der Waals surface area contributed by atoms with Gasteiger partial charge in [-0.3, -0.25) is 4.79 Å². The maximum atomic E-state index is 12.2. The molecular formula is C18H23N2OS+. The number of carbonyl (C=O) groups is 1. The second-order valence-electron chi connectivity index (χ2n) is 6.17. The number of aryl methyl sites for hydroxylation is 1. The van der Waals surface area contributed by atoms with Crippen molar-refractivity contribution in [1.29, 1.82) is 0 Å². The third kappa shape index (κ3) is 3.76. The number of thiophene rings is 1. The fourth-order valence-electron chi connectivity index (χ4n) is 2.55. The van der Waals surface area contributed by atoms with Crippen LogP contribution < -0.4 is 10.6 Å². The molecular weight excluding hydrogens is 292 g/mol. The van der Waals surface area contributed by atoms with E-state index in [1.165, 1.54) is 16.0 Å². The van der Waals surface area contributed by atoms with Crippen LogP contribution in [-0.4, -0.2) is 18.0 Å². The molecule has 0 spiro atoms. The number of rotatable bonds is 6. The minimum absolute atomic E-state index is 0.0889. The molecule has 1 aromatic carbocycles. The van der Waals surface area contributed by atoms with Crippen LogP contribution in [0.3, 0.4) is 0 Å². The summed E-state index contributed by atoms with van der Waals surface area (Å²) in [4.78, 5) is 13.5. The van der Waals surface area contributed by atoms with Crippen molar-refractivity contribution in [2.75, 3.05) is 0 Å².